The molecule has 9 nitrogen and oxygen atoms in total. The molecule has 2 N–H and O–H groups in total. The first-order valence-corrected chi connectivity index (χ1v) is 10.00. The van der Waals surface area contributed by atoms with Gasteiger partial charge in [-0.3, -0.25) is 19.3 Å². The van der Waals surface area contributed by atoms with Crippen LogP contribution in [0.2, 0.25) is 0 Å². The number of anilines is 1. The monoisotopic (exact) mass is 434 g/mol. The summed E-state index contributed by atoms with van der Waals surface area (Å²) in [5.74, 6) is -1.97. The number of hydrogen-bond donors (Lipinski definition) is 2. The second kappa shape index (κ2) is 9.44. The molecule has 4 amide bonds. The topological polar surface area (TPSA) is 118 Å². The van der Waals surface area contributed by atoms with Gasteiger partial charge in [-0.05, 0) is 24.6 Å². The molecule has 1 aromatic carbocycles. The Labute approximate surface area is 175 Å². The lowest BCUT2D eigenvalue weighted by atomic mass is 10.1. The molecule has 158 valence electrons. The second-order valence-electron chi connectivity index (χ2n) is 6.43. The van der Waals surface area contributed by atoms with Crippen molar-refractivity contribution in [2.45, 2.75) is 32.4 Å². The van der Waals surface area contributed by atoms with Crippen molar-refractivity contribution < 1.29 is 28.3 Å². The number of carbonyl (C=O) groups excluding carboxylic acids is 4. The Morgan fingerprint density at radius 3 is 2.90 bits per heavy atom. The van der Waals surface area contributed by atoms with Gasteiger partial charge in [0, 0.05) is 5.38 Å². The van der Waals surface area contributed by atoms with Crippen LogP contribution in [0.5, 0.6) is 0 Å². The largest absolute Gasteiger partial charge is 0.466 e. The Balaban J connectivity index is 1.54. The summed E-state index contributed by atoms with van der Waals surface area (Å²) < 4.78 is 18.2. The molecule has 1 aliphatic rings. The standard InChI is InChI=1S/C19H19FN4O5S/c1-2-29-16(26)7-13-10-30-18(21-13)23-15(25)8-14-17(27)24(19(28)22-14)9-11-4-3-5-12(20)6-11/h3-6,10,14H,2,7-9H2,1H3,(H,22,28)(H,21,23,25)/t14-/m0/s1. The predicted molar refractivity (Wildman–Crippen MR) is 105 cm³/mol. The highest BCUT2D eigenvalue weighted by molar-refractivity contribution is 7.13. The summed E-state index contributed by atoms with van der Waals surface area (Å²) in [5.41, 5.74) is 0.917. The van der Waals surface area contributed by atoms with Gasteiger partial charge in [0.05, 0.1) is 31.7 Å². The predicted octanol–water partition coefficient (Wildman–Crippen LogP) is 1.84. The highest BCUT2D eigenvalue weighted by Gasteiger charge is 2.39. The van der Waals surface area contributed by atoms with Crippen LogP contribution in [0.25, 0.3) is 0 Å². The van der Waals surface area contributed by atoms with E-state index in [0.29, 0.717) is 11.3 Å². The Morgan fingerprint density at radius 2 is 2.17 bits per heavy atom. The zero-order chi connectivity index (χ0) is 21.7. The van der Waals surface area contributed by atoms with Gasteiger partial charge in [0.15, 0.2) is 5.13 Å². The summed E-state index contributed by atoms with van der Waals surface area (Å²) in [4.78, 5) is 53.4. The van der Waals surface area contributed by atoms with Gasteiger partial charge in [-0.25, -0.2) is 14.2 Å². The van der Waals surface area contributed by atoms with E-state index >= 15 is 0 Å². The molecule has 0 bridgehead atoms. The number of urea groups is 1. The number of hydrogen-bond acceptors (Lipinski definition) is 7. The molecule has 30 heavy (non-hydrogen) atoms. The van der Waals surface area contributed by atoms with E-state index in [1.54, 1.807) is 18.4 Å². The summed E-state index contributed by atoms with van der Waals surface area (Å²) in [7, 11) is 0. The van der Waals surface area contributed by atoms with Crippen molar-refractivity contribution in [3.05, 3.63) is 46.7 Å². The minimum atomic E-state index is -1.02. The smallest absolute Gasteiger partial charge is 0.325 e. The van der Waals surface area contributed by atoms with Crippen LogP contribution in [-0.4, -0.2) is 46.3 Å². The van der Waals surface area contributed by atoms with Gasteiger partial charge in [0.2, 0.25) is 5.91 Å². The normalized spacial score (nSPS) is 15.8. The van der Waals surface area contributed by atoms with Gasteiger partial charge < -0.3 is 15.4 Å². The number of nitrogens with zero attached hydrogens (tertiary/aromatic N) is 2. The van der Waals surface area contributed by atoms with E-state index in [1.165, 1.54) is 18.2 Å². The first-order chi connectivity index (χ1) is 14.4. The van der Waals surface area contributed by atoms with E-state index in [0.717, 1.165) is 16.2 Å². The Hall–Kier alpha value is -3.34. The molecule has 1 saturated heterocycles. The lowest BCUT2D eigenvalue weighted by Crippen LogP contribution is -2.34. The number of thiazole rings is 1. The van der Waals surface area contributed by atoms with Crippen LogP contribution in [0.4, 0.5) is 14.3 Å². The molecule has 3 rings (SSSR count). The van der Waals surface area contributed by atoms with Crippen LogP contribution in [0.15, 0.2) is 29.6 Å². The number of carbonyl (C=O) groups is 4. The molecule has 0 unspecified atom stereocenters. The number of rotatable bonds is 8. The second-order valence-corrected chi connectivity index (χ2v) is 7.29. The lowest BCUT2D eigenvalue weighted by Gasteiger charge is -2.13. The third-order valence-electron chi connectivity index (χ3n) is 4.16. The van der Waals surface area contributed by atoms with Crippen molar-refractivity contribution in [3.63, 3.8) is 0 Å². The number of esters is 1. The van der Waals surface area contributed by atoms with Gasteiger partial charge >= 0.3 is 12.0 Å². The molecule has 0 radical (unpaired) electrons. The molecular formula is C19H19FN4O5S. The fourth-order valence-electron chi connectivity index (χ4n) is 2.84. The highest BCUT2D eigenvalue weighted by atomic mass is 32.1. The fourth-order valence-corrected chi connectivity index (χ4v) is 3.57. The quantitative estimate of drug-likeness (QED) is 0.484. The molecule has 0 saturated carbocycles. The molecule has 1 aliphatic heterocycles. The van der Waals surface area contributed by atoms with Gasteiger partial charge in [0.1, 0.15) is 11.9 Å². The molecule has 0 spiro atoms. The number of amides is 4. The average molecular weight is 434 g/mol. The summed E-state index contributed by atoms with van der Waals surface area (Å²) >= 11 is 1.13. The van der Waals surface area contributed by atoms with Crippen molar-refractivity contribution in [1.82, 2.24) is 15.2 Å². The molecule has 11 heteroatoms. The minimum absolute atomic E-state index is 0.00752. The maximum atomic E-state index is 13.3. The molecule has 2 aromatic rings. The van der Waals surface area contributed by atoms with E-state index in [2.05, 4.69) is 15.6 Å². The summed E-state index contributed by atoms with van der Waals surface area (Å²) in [5, 5.41) is 6.89. The Bertz CT molecular complexity index is 979. The molecule has 1 atom stereocenters. The fraction of sp³-hybridized carbons (Fsp3) is 0.316. The van der Waals surface area contributed by atoms with Crippen molar-refractivity contribution >= 4 is 40.3 Å². The average Bonchev–Trinajstić information content (AvgIpc) is 3.21. The van der Waals surface area contributed by atoms with Crippen LogP contribution < -0.4 is 10.6 Å². The number of halogens is 1. The number of benzene rings is 1. The van der Waals surface area contributed by atoms with Crippen LogP contribution in [0.1, 0.15) is 24.6 Å². The maximum Gasteiger partial charge on any atom is 0.325 e. The highest BCUT2D eigenvalue weighted by Crippen LogP contribution is 2.18. The van der Waals surface area contributed by atoms with Crippen LogP contribution >= 0.6 is 11.3 Å². The minimum Gasteiger partial charge on any atom is -0.466 e. The number of nitrogens with one attached hydrogen (secondary N) is 2. The van der Waals surface area contributed by atoms with E-state index in [4.69, 9.17) is 4.74 Å². The zero-order valence-electron chi connectivity index (χ0n) is 16.0. The molecule has 1 aromatic heterocycles. The van der Waals surface area contributed by atoms with Gasteiger partial charge in [-0.2, -0.15) is 0 Å². The zero-order valence-corrected chi connectivity index (χ0v) is 16.8. The van der Waals surface area contributed by atoms with E-state index in [-0.39, 0.29) is 31.1 Å². The van der Waals surface area contributed by atoms with Crippen LogP contribution in [-0.2, 0) is 32.1 Å². The molecule has 1 fully saturated rings. The number of aromatic nitrogens is 1. The van der Waals surface area contributed by atoms with Crippen molar-refractivity contribution in [1.29, 1.82) is 0 Å². The van der Waals surface area contributed by atoms with E-state index < -0.39 is 35.7 Å². The third kappa shape index (κ3) is 5.38. The Kier molecular flexibility index (Phi) is 6.72. The van der Waals surface area contributed by atoms with Gasteiger partial charge in [-0.1, -0.05) is 12.1 Å². The number of ether oxygens (including phenoxy) is 1. The molecule has 2 heterocycles. The van der Waals surface area contributed by atoms with E-state index in [9.17, 15) is 23.6 Å². The molecule has 0 aliphatic carbocycles. The maximum absolute atomic E-state index is 13.3. The summed E-state index contributed by atoms with van der Waals surface area (Å²) in [6.45, 7) is 1.88. The molecular weight excluding hydrogens is 415 g/mol. The SMILES string of the molecule is CCOC(=O)Cc1csc(NC(=O)C[C@@H]2NC(=O)N(Cc3cccc(F)c3)C2=O)n1. The third-order valence-corrected chi connectivity index (χ3v) is 4.96. The van der Waals surface area contributed by atoms with Crippen LogP contribution in [0.3, 0.4) is 0 Å². The number of imide groups is 1. The van der Waals surface area contributed by atoms with Crippen LogP contribution in [0, 0.1) is 5.82 Å². The summed E-state index contributed by atoms with van der Waals surface area (Å²) in [6.07, 6.45) is -0.288. The van der Waals surface area contributed by atoms with E-state index in [1.807, 2.05) is 0 Å². The first kappa shape index (κ1) is 21.4. The van der Waals surface area contributed by atoms with Crippen molar-refractivity contribution in [2.75, 3.05) is 11.9 Å². The van der Waals surface area contributed by atoms with Crippen molar-refractivity contribution in [3.8, 4) is 0 Å². The van der Waals surface area contributed by atoms with Gasteiger partial charge in [-0.15, -0.1) is 11.3 Å². The van der Waals surface area contributed by atoms with Crippen molar-refractivity contribution in [2.24, 2.45) is 0 Å². The first-order valence-electron chi connectivity index (χ1n) is 9.12. The lowest BCUT2D eigenvalue weighted by molar-refractivity contribution is -0.142. The Morgan fingerprint density at radius 1 is 1.37 bits per heavy atom. The summed E-state index contributed by atoms with van der Waals surface area (Å²) in [6, 6.07) is 3.91. The van der Waals surface area contributed by atoms with Gasteiger partial charge in [0.25, 0.3) is 5.91 Å².